The van der Waals surface area contributed by atoms with E-state index in [0.29, 0.717) is 47.6 Å². The van der Waals surface area contributed by atoms with Gasteiger partial charge in [-0.1, -0.05) is 23.7 Å². The number of amides is 1. The van der Waals surface area contributed by atoms with Crippen LogP contribution in [0.3, 0.4) is 0 Å². The minimum atomic E-state index is -0.200. The van der Waals surface area contributed by atoms with Crippen molar-refractivity contribution >= 4 is 35.1 Å². The van der Waals surface area contributed by atoms with Gasteiger partial charge in [0, 0.05) is 29.9 Å². The van der Waals surface area contributed by atoms with Gasteiger partial charge in [0.2, 0.25) is 0 Å². The van der Waals surface area contributed by atoms with Crippen LogP contribution in [-0.4, -0.2) is 47.8 Å². The molecular formula is C19H19ClFN3O2S. The summed E-state index contributed by atoms with van der Waals surface area (Å²) in [6.07, 6.45) is 2.38. The predicted octanol–water partition coefficient (Wildman–Crippen LogP) is 4.00. The third-order valence-electron chi connectivity index (χ3n) is 4.72. The van der Waals surface area contributed by atoms with E-state index in [9.17, 15) is 9.18 Å². The molecule has 1 fully saturated rings. The van der Waals surface area contributed by atoms with Crippen LogP contribution >= 0.6 is 23.4 Å². The van der Waals surface area contributed by atoms with Gasteiger partial charge in [-0.25, -0.2) is 9.37 Å². The number of hydrogen-bond acceptors (Lipinski definition) is 5. The highest BCUT2D eigenvalue weighted by Crippen LogP contribution is 2.39. The zero-order chi connectivity index (χ0) is 18.8. The normalized spacial score (nSPS) is 19.5. The molecule has 1 N–H and O–H groups in total. The van der Waals surface area contributed by atoms with Gasteiger partial charge in [-0.3, -0.25) is 4.79 Å². The molecule has 1 aromatic carbocycles. The number of morpholine rings is 1. The van der Waals surface area contributed by atoms with Crippen molar-refractivity contribution in [3.8, 4) is 0 Å². The Kier molecular flexibility index (Phi) is 5.52. The SMILES string of the molecule is O=C(c1cnc(N[C@@H]2CCSc3c(F)cccc32)c(Cl)c1)N1CCOCC1. The Morgan fingerprint density at radius 3 is 2.96 bits per heavy atom. The molecule has 1 amide bonds. The molecule has 2 aromatic rings. The molecule has 3 heterocycles. The maximum atomic E-state index is 14.0. The molecule has 1 atom stereocenters. The molecule has 0 unspecified atom stereocenters. The van der Waals surface area contributed by atoms with Gasteiger partial charge in [-0.2, -0.15) is 0 Å². The lowest BCUT2D eigenvalue weighted by Crippen LogP contribution is -2.40. The largest absolute Gasteiger partial charge is 0.378 e. The molecule has 2 aliphatic heterocycles. The number of thioether (sulfide) groups is 1. The van der Waals surface area contributed by atoms with Crippen molar-refractivity contribution in [3.63, 3.8) is 0 Å². The Balaban J connectivity index is 1.53. The van der Waals surface area contributed by atoms with Gasteiger partial charge < -0.3 is 15.0 Å². The van der Waals surface area contributed by atoms with Crippen molar-refractivity contribution in [2.45, 2.75) is 17.4 Å². The van der Waals surface area contributed by atoms with Crippen molar-refractivity contribution < 1.29 is 13.9 Å². The number of benzene rings is 1. The summed E-state index contributed by atoms with van der Waals surface area (Å²) in [7, 11) is 0. The van der Waals surface area contributed by atoms with Gasteiger partial charge in [0.05, 0.1) is 29.8 Å². The first-order valence-electron chi connectivity index (χ1n) is 8.84. The van der Waals surface area contributed by atoms with E-state index in [2.05, 4.69) is 10.3 Å². The minimum absolute atomic E-state index is 0.0669. The Labute approximate surface area is 166 Å². The number of fused-ring (bicyclic) bond motifs is 1. The van der Waals surface area contributed by atoms with Gasteiger partial charge in [-0.05, 0) is 24.1 Å². The van der Waals surface area contributed by atoms with E-state index in [1.165, 1.54) is 24.0 Å². The maximum Gasteiger partial charge on any atom is 0.255 e. The van der Waals surface area contributed by atoms with Crippen molar-refractivity contribution in [2.75, 3.05) is 37.4 Å². The molecule has 5 nitrogen and oxygen atoms in total. The second-order valence-electron chi connectivity index (χ2n) is 6.45. The lowest BCUT2D eigenvalue weighted by Gasteiger charge is -2.28. The summed E-state index contributed by atoms with van der Waals surface area (Å²) in [6, 6.07) is 6.69. The fourth-order valence-electron chi connectivity index (χ4n) is 3.31. The van der Waals surface area contributed by atoms with Gasteiger partial charge in [0.15, 0.2) is 0 Å². The average molecular weight is 408 g/mol. The Bertz CT molecular complexity index is 861. The van der Waals surface area contributed by atoms with Gasteiger partial charge >= 0.3 is 0 Å². The summed E-state index contributed by atoms with van der Waals surface area (Å²) in [5, 5.41) is 3.69. The number of halogens is 2. The monoisotopic (exact) mass is 407 g/mol. The molecule has 2 aliphatic rings. The van der Waals surface area contributed by atoms with E-state index in [1.54, 1.807) is 17.0 Å². The van der Waals surface area contributed by atoms with Crippen LogP contribution in [0.25, 0.3) is 0 Å². The van der Waals surface area contributed by atoms with Crippen LogP contribution in [0.1, 0.15) is 28.4 Å². The fraction of sp³-hybridized carbons (Fsp3) is 0.368. The van der Waals surface area contributed by atoms with E-state index in [4.69, 9.17) is 16.3 Å². The summed E-state index contributed by atoms with van der Waals surface area (Å²) >= 11 is 7.92. The lowest BCUT2D eigenvalue weighted by atomic mass is 10.0. The third-order valence-corrected chi connectivity index (χ3v) is 6.17. The van der Waals surface area contributed by atoms with Crippen molar-refractivity contribution in [3.05, 3.63) is 52.4 Å². The Morgan fingerprint density at radius 2 is 2.19 bits per heavy atom. The van der Waals surface area contributed by atoms with E-state index in [0.717, 1.165) is 17.7 Å². The molecular weight excluding hydrogens is 389 g/mol. The molecule has 1 aromatic heterocycles. The maximum absolute atomic E-state index is 14.0. The van der Waals surface area contributed by atoms with Crippen molar-refractivity contribution in [2.24, 2.45) is 0 Å². The third kappa shape index (κ3) is 3.90. The molecule has 142 valence electrons. The highest BCUT2D eigenvalue weighted by molar-refractivity contribution is 7.99. The van der Waals surface area contributed by atoms with E-state index in [-0.39, 0.29) is 17.8 Å². The second-order valence-corrected chi connectivity index (χ2v) is 7.96. The number of hydrogen-bond donors (Lipinski definition) is 1. The molecule has 0 saturated carbocycles. The first-order valence-corrected chi connectivity index (χ1v) is 10.2. The number of aromatic nitrogens is 1. The summed E-state index contributed by atoms with van der Waals surface area (Å²) < 4.78 is 19.3. The van der Waals surface area contributed by atoms with Crippen LogP contribution in [0, 0.1) is 5.82 Å². The highest BCUT2D eigenvalue weighted by Gasteiger charge is 2.25. The first kappa shape index (κ1) is 18.5. The lowest BCUT2D eigenvalue weighted by molar-refractivity contribution is 0.0302. The number of nitrogens with one attached hydrogen (secondary N) is 1. The van der Waals surface area contributed by atoms with Gasteiger partial charge in [0.1, 0.15) is 11.6 Å². The molecule has 0 aliphatic carbocycles. The van der Waals surface area contributed by atoms with Crippen LogP contribution in [0.5, 0.6) is 0 Å². The molecule has 0 radical (unpaired) electrons. The minimum Gasteiger partial charge on any atom is -0.378 e. The van der Waals surface area contributed by atoms with Crippen LogP contribution < -0.4 is 5.32 Å². The van der Waals surface area contributed by atoms with Crippen LogP contribution in [-0.2, 0) is 4.74 Å². The number of rotatable bonds is 3. The highest BCUT2D eigenvalue weighted by atomic mass is 35.5. The van der Waals surface area contributed by atoms with E-state index < -0.39 is 0 Å². The first-order chi connectivity index (χ1) is 13.1. The average Bonchev–Trinajstić information content (AvgIpc) is 2.70. The Morgan fingerprint density at radius 1 is 1.37 bits per heavy atom. The number of anilines is 1. The quantitative estimate of drug-likeness (QED) is 0.833. The van der Waals surface area contributed by atoms with Gasteiger partial charge in [-0.15, -0.1) is 11.8 Å². The number of nitrogens with zero attached hydrogens (tertiary/aromatic N) is 2. The summed E-state index contributed by atoms with van der Waals surface area (Å²) in [5.74, 6) is 1.02. The van der Waals surface area contributed by atoms with Crippen molar-refractivity contribution in [1.82, 2.24) is 9.88 Å². The molecule has 0 spiro atoms. The van der Waals surface area contributed by atoms with E-state index >= 15 is 0 Å². The zero-order valence-corrected chi connectivity index (χ0v) is 16.2. The number of ether oxygens (including phenoxy) is 1. The predicted molar refractivity (Wildman–Crippen MR) is 104 cm³/mol. The summed E-state index contributed by atoms with van der Waals surface area (Å²) in [5.41, 5.74) is 1.37. The van der Waals surface area contributed by atoms with Crippen molar-refractivity contribution in [1.29, 1.82) is 0 Å². The second kappa shape index (κ2) is 8.04. The molecule has 0 bridgehead atoms. The molecule has 1 saturated heterocycles. The van der Waals surface area contributed by atoms with Crippen LogP contribution in [0.2, 0.25) is 5.02 Å². The number of carbonyl (C=O) groups is 1. The number of carbonyl (C=O) groups excluding carboxylic acids is 1. The van der Waals surface area contributed by atoms with Crippen LogP contribution in [0.4, 0.5) is 10.2 Å². The molecule has 27 heavy (non-hydrogen) atoms. The standard InChI is InChI=1S/C19H19ClFN3O2S/c20-14-10-12(19(25)24-5-7-26-8-6-24)11-22-18(14)23-16-4-9-27-17-13(16)2-1-3-15(17)21/h1-3,10-11,16H,4-9H2,(H,22,23)/t16-/m1/s1. The van der Waals surface area contributed by atoms with Crippen LogP contribution in [0.15, 0.2) is 35.4 Å². The molecule has 4 rings (SSSR count). The summed E-state index contributed by atoms with van der Waals surface area (Å²) in [6.45, 7) is 2.22. The number of pyridine rings is 1. The van der Waals surface area contributed by atoms with Gasteiger partial charge in [0.25, 0.3) is 5.91 Å². The summed E-state index contributed by atoms with van der Waals surface area (Å²) in [4.78, 5) is 19.3. The Hall–Kier alpha value is -1.83. The molecule has 8 heteroatoms. The van der Waals surface area contributed by atoms with E-state index in [1.807, 2.05) is 6.07 Å². The fourth-order valence-corrected chi connectivity index (χ4v) is 4.67. The zero-order valence-electron chi connectivity index (χ0n) is 14.6. The topological polar surface area (TPSA) is 54.5 Å². The smallest absolute Gasteiger partial charge is 0.255 e.